The average molecular weight is 334 g/mol. The predicted octanol–water partition coefficient (Wildman–Crippen LogP) is 2.56. The van der Waals surface area contributed by atoms with E-state index in [1.54, 1.807) is 20.1 Å². The smallest absolute Gasteiger partial charge is 0.254 e. The van der Waals surface area contributed by atoms with Crippen LogP contribution in [0.2, 0.25) is 0 Å². The number of piperidine rings is 1. The van der Waals surface area contributed by atoms with Crippen LogP contribution in [0.3, 0.4) is 0 Å². The minimum absolute atomic E-state index is 0.0250. The number of ether oxygens (including phenoxy) is 1. The van der Waals surface area contributed by atoms with E-state index in [4.69, 9.17) is 4.74 Å². The van der Waals surface area contributed by atoms with Gasteiger partial charge < -0.3 is 14.5 Å². The van der Waals surface area contributed by atoms with Gasteiger partial charge in [-0.3, -0.25) is 4.79 Å². The van der Waals surface area contributed by atoms with E-state index in [0.717, 1.165) is 45.6 Å². The zero-order chi connectivity index (χ0) is 17.3. The van der Waals surface area contributed by atoms with Gasteiger partial charge in [0.15, 0.2) is 0 Å². The molecule has 24 heavy (non-hydrogen) atoms. The molecule has 3 rings (SSSR count). The molecule has 2 saturated heterocycles. The lowest BCUT2D eigenvalue weighted by Crippen LogP contribution is -2.47. The normalized spacial score (nSPS) is 23.8. The first-order chi connectivity index (χ1) is 11.4. The largest absolute Gasteiger partial charge is 0.384 e. The second-order valence-corrected chi connectivity index (χ2v) is 7.46. The summed E-state index contributed by atoms with van der Waals surface area (Å²) in [5, 5.41) is 0. The molecule has 0 radical (unpaired) electrons. The highest BCUT2D eigenvalue weighted by molar-refractivity contribution is 5.95. The average Bonchev–Trinajstić information content (AvgIpc) is 2.83. The van der Waals surface area contributed by atoms with Crippen molar-refractivity contribution in [2.75, 3.05) is 46.9 Å². The Morgan fingerprint density at radius 3 is 2.71 bits per heavy atom. The summed E-state index contributed by atoms with van der Waals surface area (Å²) >= 11 is 0. The number of aryl methyl sites for hydroxylation is 1. The maximum atomic E-state index is 13.3. The van der Waals surface area contributed by atoms with Crippen molar-refractivity contribution in [2.45, 2.75) is 19.8 Å². The van der Waals surface area contributed by atoms with Crippen molar-refractivity contribution in [1.29, 1.82) is 0 Å². The number of amides is 1. The number of methoxy groups -OCH3 is 1. The predicted molar refractivity (Wildman–Crippen MR) is 91.6 cm³/mol. The molecule has 1 aromatic rings. The minimum atomic E-state index is -0.293. The first-order valence-corrected chi connectivity index (χ1v) is 8.68. The van der Waals surface area contributed by atoms with Gasteiger partial charge >= 0.3 is 0 Å². The molecule has 1 atom stereocenters. The van der Waals surface area contributed by atoms with Crippen molar-refractivity contribution in [3.05, 3.63) is 35.1 Å². The molecule has 2 aliphatic rings. The van der Waals surface area contributed by atoms with Crippen LogP contribution < -0.4 is 0 Å². The van der Waals surface area contributed by atoms with Crippen LogP contribution in [0.15, 0.2) is 18.2 Å². The Bertz CT molecular complexity index is 611. The molecule has 0 aromatic heterocycles. The number of nitrogens with zero attached hydrogens (tertiary/aromatic N) is 2. The second kappa shape index (κ2) is 6.81. The number of hydrogen-bond acceptors (Lipinski definition) is 3. The molecule has 5 heteroatoms. The number of benzene rings is 1. The van der Waals surface area contributed by atoms with Crippen molar-refractivity contribution in [1.82, 2.24) is 9.80 Å². The summed E-state index contributed by atoms with van der Waals surface area (Å²) in [5.74, 6) is 0.271. The van der Waals surface area contributed by atoms with Crippen molar-refractivity contribution >= 4 is 5.91 Å². The van der Waals surface area contributed by atoms with Gasteiger partial charge in [0.05, 0.1) is 6.61 Å². The first-order valence-electron chi connectivity index (χ1n) is 8.68. The standard InChI is InChI=1S/C19H27FN2O2/c1-14-10-16(20)4-5-17(14)18(23)22-8-6-19(7-9-22)13-21(2)11-15(19)12-24-3/h4-5,10,15H,6-9,11-13H2,1-3H3/t15-/m1/s1. The number of halogens is 1. The van der Waals surface area contributed by atoms with Gasteiger partial charge in [-0.15, -0.1) is 0 Å². The van der Waals surface area contributed by atoms with Crippen molar-refractivity contribution in [2.24, 2.45) is 11.3 Å². The fourth-order valence-electron chi connectivity index (χ4n) is 4.49. The molecule has 1 aromatic carbocycles. The van der Waals surface area contributed by atoms with E-state index in [9.17, 15) is 9.18 Å². The molecular weight excluding hydrogens is 307 g/mol. The lowest BCUT2D eigenvalue weighted by Gasteiger charge is -2.42. The van der Waals surface area contributed by atoms with Crippen LogP contribution in [0.5, 0.6) is 0 Å². The molecule has 2 heterocycles. The fraction of sp³-hybridized carbons (Fsp3) is 0.632. The Labute approximate surface area is 143 Å². The summed E-state index contributed by atoms with van der Waals surface area (Å²) in [6.07, 6.45) is 2.02. The fourth-order valence-corrected chi connectivity index (χ4v) is 4.49. The van der Waals surface area contributed by atoms with Gasteiger partial charge in [0.2, 0.25) is 0 Å². The number of rotatable bonds is 3. The molecule has 0 bridgehead atoms. The van der Waals surface area contributed by atoms with E-state index in [-0.39, 0.29) is 17.1 Å². The van der Waals surface area contributed by atoms with E-state index >= 15 is 0 Å². The molecular formula is C19H27FN2O2. The van der Waals surface area contributed by atoms with Crippen LogP contribution in [-0.4, -0.2) is 62.7 Å². The Morgan fingerprint density at radius 1 is 1.38 bits per heavy atom. The quantitative estimate of drug-likeness (QED) is 0.852. The van der Waals surface area contributed by atoms with Gasteiger partial charge in [-0.2, -0.15) is 0 Å². The third-order valence-corrected chi connectivity index (χ3v) is 5.82. The molecule has 4 nitrogen and oxygen atoms in total. The highest BCUT2D eigenvalue weighted by Gasteiger charge is 2.47. The van der Waals surface area contributed by atoms with Gasteiger partial charge in [-0.25, -0.2) is 4.39 Å². The van der Waals surface area contributed by atoms with Crippen LogP contribution in [0.4, 0.5) is 4.39 Å². The van der Waals surface area contributed by atoms with Gasteiger partial charge in [0.1, 0.15) is 5.82 Å². The van der Waals surface area contributed by atoms with Crippen molar-refractivity contribution in [3.63, 3.8) is 0 Å². The lowest BCUT2D eigenvalue weighted by atomic mass is 9.71. The Balaban J connectivity index is 1.69. The van der Waals surface area contributed by atoms with Gasteiger partial charge in [0.25, 0.3) is 5.91 Å². The molecule has 1 amide bonds. The Kier molecular flexibility index (Phi) is 4.92. The summed E-state index contributed by atoms with van der Waals surface area (Å²) in [6.45, 7) is 6.27. The molecule has 2 fully saturated rings. The summed E-state index contributed by atoms with van der Waals surface area (Å²) in [4.78, 5) is 17.1. The van der Waals surface area contributed by atoms with Crippen molar-refractivity contribution < 1.29 is 13.9 Å². The Morgan fingerprint density at radius 2 is 2.08 bits per heavy atom. The molecule has 1 spiro atoms. The van der Waals surface area contributed by atoms with Gasteiger partial charge in [0, 0.05) is 44.8 Å². The van der Waals surface area contributed by atoms with Crippen LogP contribution in [0.25, 0.3) is 0 Å². The Hall–Kier alpha value is -1.46. The van der Waals surface area contributed by atoms with E-state index in [1.807, 2.05) is 4.90 Å². The second-order valence-electron chi connectivity index (χ2n) is 7.46. The number of carbonyl (C=O) groups excluding carboxylic acids is 1. The van der Waals surface area contributed by atoms with Crippen LogP contribution in [-0.2, 0) is 4.74 Å². The van der Waals surface area contributed by atoms with Gasteiger partial charge in [-0.05, 0) is 56.0 Å². The number of likely N-dealkylation sites (tertiary alicyclic amines) is 2. The maximum Gasteiger partial charge on any atom is 0.254 e. The zero-order valence-corrected chi connectivity index (χ0v) is 14.8. The molecule has 132 valence electrons. The third kappa shape index (κ3) is 3.20. The van der Waals surface area contributed by atoms with Gasteiger partial charge in [-0.1, -0.05) is 0 Å². The number of hydrogen-bond donors (Lipinski definition) is 0. The van der Waals surface area contributed by atoms with E-state index < -0.39 is 0 Å². The molecule has 0 saturated carbocycles. The molecule has 2 aliphatic heterocycles. The lowest BCUT2D eigenvalue weighted by molar-refractivity contribution is 0.0324. The summed E-state index contributed by atoms with van der Waals surface area (Å²) in [6, 6.07) is 4.40. The monoisotopic (exact) mass is 334 g/mol. The molecule has 0 N–H and O–H groups in total. The van der Waals surface area contributed by atoms with E-state index in [1.165, 1.54) is 12.1 Å². The number of carbonyl (C=O) groups is 1. The first kappa shape index (κ1) is 17.4. The summed E-state index contributed by atoms with van der Waals surface area (Å²) < 4.78 is 18.7. The summed E-state index contributed by atoms with van der Waals surface area (Å²) in [5.41, 5.74) is 1.59. The minimum Gasteiger partial charge on any atom is -0.384 e. The van der Waals surface area contributed by atoms with Crippen LogP contribution >= 0.6 is 0 Å². The zero-order valence-electron chi connectivity index (χ0n) is 14.8. The molecule has 0 aliphatic carbocycles. The van der Waals surface area contributed by atoms with Crippen LogP contribution in [0, 0.1) is 24.1 Å². The van der Waals surface area contributed by atoms with E-state index in [0.29, 0.717) is 17.0 Å². The highest BCUT2D eigenvalue weighted by Crippen LogP contribution is 2.44. The maximum absolute atomic E-state index is 13.3. The SMILES string of the molecule is COC[C@H]1CN(C)CC12CCN(C(=O)c1ccc(F)cc1C)CC2. The highest BCUT2D eigenvalue weighted by atomic mass is 19.1. The topological polar surface area (TPSA) is 32.8 Å². The van der Waals surface area contributed by atoms with Crippen LogP contribution in [0.1, 0.15) is 28.8 Å². The van der Waals surface area contributed by atoms with E-state index in [2.05, 4.69) is 11.9 Å². The third-order valence-electron chi connectivity index (χ3n) is 5.82. The molecule has 0 unspecified atom stereocenters. The van der Waals surface area contributed by atoms with Crippen molar-refractivity contribution in [3.8, 4) is 0 Å². The summed E-state index contributed by atoms with van der Waals surface area (Å²) in [7, 11) is 3.93.